The molecule has 1 aromatic heterocycles. The summed E-state index contributed by atoms with van der Waals surface area (Å²) in [6.45, 7) is 1.26. The van der Waals surface area contributed by atoms with Crippen LogP contribution in [0.4, 0.5) is 3.89 Å². The van der Waals surface area contributed by atoms with Gasteiger partial charge in [-0.05, 0) is 19.1 Å². The molecule has 3 nitrogen and oxygen atoms in total. The minimum Gasteiger partial charge on any atom is -0.260 e. The van der Waals surface area contributed by atoms with E-state index in [1.165, 1.54) is 19.2 Å². The molecule has 0 aliphatic heterocycles. The Morgan fingerprint density at radius 1 is 1.50 bits per heavy atom. The molecule has 0 aliphatic rings. The molecular weight excluding hydrogens is 181 g/mol. The van der Waals surface area contributed by atoms with Crippen LogP contribution in [0.15, 0.2) is 24.4 Å². The molecule has 66 valence electrons. The molecule has 1 atom stereocenters. The molecule has 0 bridgehead atoms. The number of halogens is 1. The second kappa shape index (κ2) is 3.18. The Morgan fingerprint density at radius 3 is 2.58 bits per heavy atom. The second-order valence-electron chi connectivity index (χ2n) is 2.37. The molecular formula is C7H8FNO2S. The van der Waals surface area contributed by atoms with Gasteiger partial charge in [-0.2, -0.15) is 8.42 Å². The lowest BCUT2D eigenvalue weighted by Crippen LogP contribution is -2.05. The van der Waals surface area contributed by atoms with E-state index in [2.05, 4.69) is 4.98 Å². The molecule has 0 N–H and O–H groups in total. The van der Waals surface area contributed by atoms with E-state index in [0.29, 0.717) is 0 Å². The number of rotatable bonds is 2. The summed E-state index contributed by atoms with van der Waals surface area (Å²) in [5, 5.41) is -1.18. The molecule has 0 saturated heterocycles. The second-order valence-corrected chi connectivity index (χ2v) is 4.03. The zero-order chi connectivity index (χ0) is 9.19. The topological polar surface area (TPSA) is 47.0 Å². The van der Waals surface area contributed by atoms with Crippen molar-refractivity contribution in [2.45, 2.75) is 12.2 Å². The van der Waals surface area contributed by atoms with E-state index in [4.69, 9.17) is 0 Å². The van der Waals surface area contributed by atoms with Crippen molar-refractivity contribution in [2.24, 2.45) is 0 Å². The summed E-state index contributed by atoms with van der Waals surface area (Å²) in [5.41, 5.74) is 0.222. The Kier molecular flexibility index (Phi) is 2.42. The van der Waals surface area contributed by atoms with E-state index in [1.54, 1.807) is 12.1 Å². The molecule has 1 unspecified atom stereocenters. The lowest BCUT2D eigenvalue weighted by Gasteiger charge is -2.03. The van der Waals surface area contributed by atoms with Gasteiger partial charge in [-0.3, -0.25) is 4.98 Å². The predicted octanol–water partition coefficient (Wildman–Crippen LogP) is 1.44. The van der Waals surface area contributed by atoms with E-state index < -0.39 is 15.5 Å². The normalized spacial score (nSPS) is 14.2. The highest BCUT2D eigenvalue weighted by Gasteiger charge is 2.21. The highest BCUT2D eigenvalue weighted by atomic mass is 32.3. The van der Waals surface area contributed by atoms with Crippen molar-refractivity contribution in [1.29, 1.82) is 0 Å². The number of nitrogens with zero attached hydrogens (tertiary/aromatic N) is 1. The first-order valence-corrected chi connectivity index (χ1v) is 4.81. The van der Waals surface area contributed by atoms with Gasteiger partial charge in [0.1, 0.15) is 5.25 Å². The Morgan fingerprint density at radius 2 is 2.17 bits per heavy atom. The van der Waals surface area contributed by atoms with Gasteiger partial charge in [0.05, 0.1) is 5.69 Å². The molecule has 0 spiro atoms. The van der Waals surface area contributed by atoms with Crippen LogP contribution >= 0.6 is 0 Å². The standard InChI is InChI=1S/C7H8FNO2S/c1-6(12(8,10)11)7-4-2-3-5-9-7/h2-6H,1H3. The predicted molar refractivity (Wildman–Crippen MR) is 42.7 cm³/mol. The van der Waals surface area contributed by atoms with Crippen molar-refractivity contribution in [1.82, 2.24) is 4.98 Å². The maximum atomic E-state index is 12.4. The Hall–Kier alpha value is -0.970. The minimum absolute atomic E-state index is 0.222. The van der Waals surface area contributed by atoms with Gasteiger partial charge in [0.2, 0.25) is 0 Å². The zero-order valence-electron chi connectivity index (χ0n) is 6.44. The van der Waals surface area contributed by atoms with Gasteiger partial charge in [0.15, 0.2) is 0 Å². The van der Waals surface area contributed by atoms with Gasteiger partial charge in [0.25, 0.3) is 0 Å². The largest absolute Gasteiger partial charge is 0.310 e. The first-order chi connectivity index (χ1) is 5.52. The van der Waals surface area contributed by atoms with Gasteiger partial charge in [-0.25, -0.2) is 0 Å². The van der Waals surface area contributed by atoms with Crippen molar-refractivity contribution in [3.05, 3.63) is 30.1 Å². The fraction of sp³-hybridized carbons (Fsp3) is 0.286. The molecule has 1 aromatic rings. The van der Waals surface area contributed by atoms with Crippen molar-refractivity contribution in [3.63, 3.8) is 0 Å². The van der Waals surface area contributed by atoms with Gasteiger partial charge in [-0.1, -0.05) is 6.07 Å². The third kappa shape index (κ3) is 2.01. The molecule has 0 amide bonds. The van der Waals surface area contributed by atoms with Crippen molar-refractivity contribution in [3.8, 4) is 0 Å². The van der Waals surface area contributed by atoms with E-state index in [1.807, 2.05) is 0 Å². The quantitative estimate of drug-likeness (QED) is 0.661. The summed E-state index contributed by atoms with van der Waals surface area (Å²) in [7, 11) is -4.52. The molecule has 0 aliphatic carbocycles. The SMILES string of the molecule is CC(c1ccccn1)S(=O)(=O)F. The van der Waals surface area contributed by atoms with Crippen LogP contribution in [0.3, 0.4) is 0 Å². The summed E-state index contributed by atoms with van der Waals surface area (Å²) in [6.07, 6.45) is 1.43. The fourth-order valence-corrected chi connectivity index (χ4v) is 1.19. The molecule has 0 saturated carbocycles. The monoisotopic (exact) mass is 189 g/mol. The van der Waals surface area contributed by atoms with Crippen LogP contribution in [0.5, 0.6) is 0 Å². The summed E-state index contributed by atoms with van der Waals surface area (Å²) in [6, 6.07) is 4.73. The lowest BCUT2D eigenvalue weighted by atomic mass is 10.3. The van der Waals surface area contributed by atoms with Crippen LogP contribution in [0.2, 0.25) is 0 Å². The van der Waals surface area contributed by atoms with Gasteiger partial charge in [0, 0.05) is 6.20 Å². The van der Waals surface area contributed by atoms with E-state index in [0.717, 1.165) is 0 Å². The van der Waals surface area contributed by atoms with E-state index >= 15 is 0 Å². The van der Waals surface area contributed by atoms with Gasteiger partial charge >= 0.3 is 10.2 Å². The number of pyridine rings is 1. The summed E-state index contributed by atoms with van der Waals surface area (Å²) < 4.78 is 33.3. The fourth-order valence-electron chi connectivity index (χ4n) is 0.761. The van der Waals surface area contributed by atoms with Crippen LogP contribution in [-0.2, 0) is 10.2 Å². The molecule has 0 radical (unpaired) electrons. The summed E-state index contributed by atoms with van der Waals surface area (Å²) in [4.78, 5) is 3.73. The third-order valence-corrected chi connectivity index (χ3v) is 2.61. The van der Waals surface area contributed by atoms with E-state index in [9.17, 15) is 12.3 Å². The Labute approximate surface area is 70.5 Å². The molecule has 1 rings (SSSR count). The average molecular weight is 189 g/mol. The van der Waals surface area contributed by atoms with Crippen LogP contribution in [0, 0.1) is 0 Å². The van der Waals surface area contributed by atoms with Gasteiger partial charge in [-0.15, -0.1) is 3.89 Å². The van der Waals surface area contributed by atoms with Crippen molar-refractivity contribution >= 4 is 10.2 Å². The lowest BCUT2D eigenvalue weighted by molar-refractivity contribution is 0.539. The Bertz CT molecular complexity index is 349. The van der Waals surface area contributed by atoms with Crippen LogP contribution in [-0.4, -0.2) is 13.4 Å². The Balaban J connectivity index is 3.02. The molecule has 0 aromatic carbocycles. The van der Waals surface area contributed by atoms with Gasteiger partial charge < -0.3 is 0 Å². The first kappa shape index (κ1) is 9.12. The van der Waals surface area contributed by atoms with Crippen LogP contribution < -0.4 is 0 Å². The van der Waals surface area contributed by atoms with Crippen molar-refractivity contribution in [2.75, 3.05) is 0 Å². The van der Waals surface area contributed by atoms with Crippen molar-refractivity contribution < 1.29 is 12.3 Å². The molecule has 0 fully saturated rings. The maximum absolute atomic E-state index is 12.4. The average Bonchev–Trinajstić information content (AvgIpc) is 2.03. The van der Waals surface area contributed by atoms with Crippen LogP contribution in [0.25, 0.3) is 0 Å². The summed E-state index contributed by atoms with van der Waals surface area (Å²) >= 11 is 0. The number of hydrogen-bond acceptors (Lipinski definition) is 3. The number of aromatic nitrogens is 1. The minimum atomic E-state index is -4.52. The molecule has 12 heavy (non-hydrogen) atoms. The van der Waals surface area contributed by atoms with Crippen LogP contribution in [0.1, 0.15) is 17.9 Å². The smallest absolute Gasteiger partial charge is 0.260 e. The molecule has 5 heteroatoms. The first-order valence-electron chi connectivity index (χ1n) is 3.36. The number of hydrogen-bond donors (Lipinski definition) is 0. The summed E-state index contributed by atoms with van der Waals surface area (Å²) in [5.74, 6) is 0. The maximum Gasteiger partial charge on any atom is 0.310 e. The highest BCUT2D eigenvalue weighted by molar-refractivity contribution is 7.86. The molecule has 1 heterocycles. The third-order valence-electron chi connectivity index (χ3n) is 1.53. The zero-order valence-corrected chi connectivity index (χ0v) is 7.25. The van der Waals surface area contributed by atoms with E-state index in [-0.39, 0.29) is 5.69 Å². The highest BCUT2D eigenvalue weighted by Crippen LogP contribution is 2.20.